The highest BCUT2D eigenvalue weighted by Crippen LogP contribution is 2.66. The van der Waals surface area contributed by atoms with Crippen LogP contribution in [0.2, 0.25) is 0 Å². The van der Waals surface area contributed by atoms with Gasteiger partial charge in [-0.05, 0) is 73.0 Å². The Morgan fingerprint density at radius 2 is 1.75 bits per heavy atom. The van der Waals surface area contributed by atoms with Crippen molar-refractivity contribution < 1.29 is 9.90 Å². The number of rotatable bonds is 0. The molecule has 4 aliphatic rings. The maximum Gasteiger partial charge on any atom is 0.133 e. The minimum Gasteiger partial charge on any atom is -0.393 e. The molecule has 0 aromatic carbocycles. The maximum absolute atomic E-state index is 12.0. The second kappa shape index (κ2) is 4.09. The van der Waals surface area contributed by atoms with Crippen LogP contribution in [0.1, 0.15) is 65.2 Å². The van der Waals surface area contributed by atoms with Gasteiger partial charge in [0.05, 0.1) is 6.10 Å². The monoisotopic (exact) mass is 276 g/mol. The number of carbonyl (C=O) groups is 1. The summed E-state index contributed by atoms with van der Waals surface area (Å²) in [6.45, 7) is 4.74. The SMILES string of the molecule is C[C@]12CC(=O)C[C@@H]1CC[C@H]1[C@H]2CC[C@@]2(C)[C@@H](O)CC[C@@H]12. The first kappa shape index (κ1) is 13.3. The molecule has 4 saturated carbocycles. The molecule has 0 spiro atoms. The first-order valence-corrected chi connectivity index (χ1v) is 8.65. The number of aliphatic hydroxyl groups is 1. The van der Waals surface area contributed by atoms with Crippen LogP contribution in [0.15, 0.2) is 0 Å². The Morgan fingerprint density at radius 1 is 1.00 bits per heavy atom. The van der Waals surface area contributed by atoms with Crippen LogP contribution in [0.4, 0.5) is 0 Å². The van der Waals surface area contributed by atoms with E-state index in [1.807, 2.05) is 0 Å². The Balaban J connectivity index is 1.67. The van der Waals surface area contributed by atoms with Crippen LogP contribution in [-0.4, -0.2) is 17.0 Å². The van der Waals surface area contributed by atoms with E-state index in [4.69, 9.17) is 0 Å². The lowest BCUT2D eigenvalue weighted by Gasteiger charge is -2.56. The van der Waals surface area contributed by atoms with Crippen molar-refractivity contribution in [1.29, 1.82) is 0 Å². The molecular weight excluding hydrogens is 248 g/mol. The third-order valence-corrected chi connectivity index (χ3v) is 8.07. The summed E-state index contributed by atoms with van der Waals surface area (Å²) >= 11 is 0. The van der Waals surface area contributed by atoms with Crippen molar-refractivity contribution in [3.63, 3.8) is 0 Å². The number of fused-ring (bicyclic) bond motifs is 5. The summed E-state index contributed by atoms with van der Waals surface area (Å²) in [5.74, 6) is 3.41. The molecule has 2 nitrogen and oxygen atoms in total. The van der Waals surface area contributed by atoms with Gasteiger partial charge in [0.25, 0.3) is 0 Å². The molecule has 0 aliphatic heterocycles. The molecule has 0 saturated heterocycles. The minimum absolute atomic E-state index is 0.0795. The van der Waals surface area contributed by atoms with E-state index in [0.29, 0.717) is 17.6 Å². The van der Waals surface area contributed by atoms with E-state index < -0.39 is 0 Å². The van der Waals surface area contributed by atoms with E-state index >= 15 is 0 Å². The van der Waals surface area contributed by atoms with Gasteiger partial charge in [-0.25, -0.2) is 0 Å². The molecule has 112 valence electrons. The van der Waals surface area contributed by atoms with Crippen LogP contribution in [-0.2, 0) is 4.79 Å². The Kier molecular flexibility index (Phi) is 2.72. The fraction of sp³-hybridized carbons (Fsp3) is 0.944. The van der Waals surface area contributed by atoms with Crippen molar-refractivity contribution in [1.82, 2.24) is 0 Å². The molecule has 0 radical (unpaired) electrons. The fourth-order valence-electron chi connectivity index (χ4n) is 6.89. The van der Waals surface area contributed by atoms with Gasteiger partial charge in [-0.3, -0.25) is 4.79 Å². The summed E-state index contributed by atoms with van der Waals surface area (Å²) in [7, 11) is 0. The van der Waals surface area contributed by atoms with Gasteiger partial charge in [0.1, 0.15) is 5.78 Å². The molecule has 0 heterocycles. The summed E-state index contributed by atoms with van der Waals surface area (Å²) in [6.07, 6.45) is 8.82. The number of aliphatic hydroxyl groups excluding tert-OH is 1. The molecular formula is C18H28O2. The summed E-state index contributed by atoms with van der Waals surface area (Å²) < 4.78 is 0. The summed E-state index contributed by atoms with van der Waals surface area (Å²) in [6, 6.07) is 0. The Bertz CT molecular complexity index is 445. The van der Waals surface area contributed by atoms with Crippen molar-refractivity contribution in [2.45, 2.75) is 71.3 Å². The van der Waals surface area contributed by atoms with Gasteiger partial charge in [0.15, 0.2) is 0 Å². The van der Waals surface area contributed by atoms with Crippen molar-refractivity contribution in [2.75, 3.05) is 0 Å². The third kappa shape index (κ3) is 1.52. The van der Waals surface area contributed by atoms with E-state index in [2.05, 4.69) is 13.8 Å². The van der Waals surface area contributed by atoms with Crippen molar-refractivity contribution >= 4 is 5.78 Å². The molecule has 2 heteroatoms. The minimum atomic E-state index is -0.0795. The zero-order chi connectivity index (χ0) is 14.1. The van der Waals surface area contributed by atoms with Gasteiger partial charge in [-0.15, -0.1) is 0 Å². The molecule has 0 amide bonds. The molecule has 0 aromatic heterocycles. The first-order valence-electron chi connectivity index (χ1n) is 8.65. The van der Waals surface area contributed by atoms with E-state index in [9.17, 15) is 9.90 Å². The topological polar surface area (TPSA) is 37.3 Å². The lowest BCUT2D eigenvalue weighted by Crippen LogP contribution is -2.51. The van der Waals surface area contributed by atoms with Crippen LogP contribution >= 0.6 is 0 Å². The molecule has 4 rings (SSSR count). The molecule has 7 atom stereocenters. The van der Waals surface area contributed by atoms with Crippen LogP contribution < -0.4 is 0 Å². The van der Waals surface area contributed by atoms with Gasteiger partial charge in [-0.2, -0.15) is 0 Å². The van der Waals surface area contributed by atoms with Gasteiger partial charge in [-0.1, -0.05) is 13.8 Å². The van der Waals surface area contributed by atoms with E-state index in [1.165, 1.54) is 32.1 Å². The van der Waals surface area contributed by atoms with Gasteiger partial charge in [0.2, 0.25) is 0 Å². The zero-order valence-corrected chi connectivity index (χ0v) is 12.9. The molecule has 0 bridgehead atoms. The average molecular weight is 276 g/mol. The quantitative estimate of drug-likeness (QED) is 0.734. The molecule has 4 fully saturated rings. The van der Waals surface area contributed by atoms with Crippen LogP contribution in [0, 0.1) is 34.5 Å². The van der Waals surface area contributed by atoms with Gasteiger partial charge < -0.3 is 5.11 Å². The van der Waals surface area contributed by atoms with Crippen LogP contribution in [0.5, 0.6) is 0 Å². The molecule has 0 unspecified atom stereocenters. The van der Waals surface area contributed by atoms with Crippen molar-refractivity contribution in [2.24, 2.45) is 34.5 Å². The predicted molar refractivity (Wildman–Crippen MR) is 78.1 cm³/mol. The summed E-state index contributed by atoms with van der Waals surface area (Å²) in [4.78, 5) is 12.0. The number of Topliss-reactive ketones (excluding diaryl/α,β-unsaturated/α-hetero) is 1. The Hall–Kier alpha value is -0.370. The van der Waals surface area contributed by atoms with Crippen LogP contribution in [0.25, 0.3) is 0 Å². The maximum atomic E-state index is 12.0. The lowest BCUT2D eigenvalue weighted by atomic mass is 9.48. The second-order valence-corrected chi connectivity index (χ2v) is 8.71. The van der Waals surface area contributed by atoms with Gasteiger partial charge in [0, 0.05) is 12.8 Å². The number of ketones is 1. The smallest absolute Gasteiger partial charge is 0.133 e. The summed E-state index contributed by atoms with van der Waals surface area (Å²) in [5, 5.41) is 10.4. The summed E-state index contributed by atoms with van der Waals surface area (Å²) in [5.41, 5.74) is 0.460. The highest BCUT2D eigenvalue weighted by molar-refractivity contribution is 5.82. The molecule has 0 aromatic rings. The molecule has 20 heavy (non-hydrogen) atoms. The number of hydrogen-bond acceptors (Lipinski definition) is 2. The predicted octanol–water partition coefficient (Wildman–Crippen LogP) is 3.57. The Morgan fingerprint density at radius 3 is 2.55 bits per heavy atom. The van der Waals surface area contributed by atoms with E-state index in [1.54, 1.807) is 0 Å². The standard InChI is InChI=1S/C18H28O2/c1-17-8-7-15-13(14(17)5-6-16(17)20)4-3-11-9-12(19)10-18(11,15)2/h11,13-16,20H,3-10H2,1-2H3/t11-,13+,14-,15+,16-,17+,18-/m0/s1. The highest BCUT2D eigenvalue weighted by Gasteiger charge is 2.61. The van der Waals surface area contributed by atoms with Crippen molar-refractivity contribution in [3.05, 3.63) is 0 Å². The highest BCUT2D eigenvalue weighted by atomic mass is 16.3. The lowest BCUT2D eigenvalue weighted by molar-refractivity contribution is -0.119. The van der Waals surface area contributed by atoms with E-state index in [-0.39, 0.29) is 16.9 Å². The van der Waals surface area contributed by atoms with E-state index in [0.717, 1.165) is 31.1 Å². The fourth-order valence-corrected chi connectivity index (χ4v) is 6.89. The normalized spacial score (nSPS) is 58.1. The second-order valence-electron chi connectivity index (χ2n) is 8.71. The third-order valence-electron chi connectivity index (χ3n) is 8.07. The largest absolute Gasteiger partial charge is 0.393 e. The average Bonchev–Trinajstić information content (AvgIpc) is 2.86. The number of carbonyl (C=O) groups excluding carboxylic acids is 1. The zero-order valence-electron chi connectivity index (χ0n) is 12.9. The van der Waals surface area contributed by atoms with Crippen LogP contribution in [0.3, 0.4) is 0 Å². The molecule has 1 N–H and O–H groups in total. The number of hydrogen-bond donors (Lipinski definition) is 1. The van der Waals surface area contributed by atoms with Gasteiger partial charge >= 0.3 is 0 Å². The Labute approximate surface area is 122 Å². The molecule has 4 aliphatic carbocycles. The first-order chi connectivity index (χ1) is 9.45. The van der Waals surface area contributed by atoms with Crippen molar-refractivity contribution in [3.8, 4) is 0 Å².